The van der Waals surface area contributed by atoms with Crippen LogP contribution in [0.2, 0.25) is 5.02 Å². The average Bonchev–Trinajstić information content (AvgIpc) is 3.29. The summed E-state index contributed by atoms with van der Waals surface area (Å²) in [5, 5.41) is 6.73. The number of nitrogens with zero attached hydrogens (tertiary/aromatic N) is 4. The van der Waals surface area contributed by atoms with E-state index in [1.165, 1.54) is 30.1 Å². The van der Waals surface area contributed by atoms with Crippen LogP contribution in [0.1, 0.15) is 45.7 Å². The van der Waals surface area contributed by atoms with Crippen LogP contribution in [0.4, 0.5) is 17.6 Å². The first-order valence-electron chi connectivity index (χ1n) is 8.91. The minimum Gasteiger partial charge on any atom is -0.496 e. The van der Waals surface area contributed by atoms with Crippen molar-refractivity contribution in [2.75, 3.05) is 7.11 Å². The van der Waals surface area contributed by atoms with Gasteiger partial charge in [-0.3, -0.25) is 14.2 Å². The molecule has 0 radical (unpaired) electrons. The molecule has 0 aliphatic rings. The third-order valence-electron chi connectivity index (χ3n) is 4.41. The summed E-state index contributed by atoms with van der Waals surface area (Å²) in [5.74, 6) is 0.0621. The Morgan fingerprint density at radius 1 is 1.26 bits per heavy atom. The van der Waals surface area contributed by atoms with Gasteiger partial charge in [0, 0.05) is 18.8 Å². The number of carbonyl (C=O) groups excluding carboxylic acids is 1. The van der Waals surface area contributed by atoms with Crippen molar-refractivity contribution in [2.24, 2.45) is 7.05 Å². The van der Waals surface area contributed by atoms with Gasteiger partial charge in [0.15, 0.2) is 5.78 Å². The summed E-state index contributed by atoms with van der Waals surface area (Å²) >= 11 is 5.71. The van der Waals surface area contributed by atoms with Gasteiger partial charge < -0.3 is 4.74 Å². The van der Waals surface area contributed by atoms with E-state index in [0.717, 1.165) is 4.68 Å². The van der Waals surface area contributed by atoms with Gasteiger partial charge in [-0.1, -0.05) is 23.7 Å². The van der Waals surface area contributed by atoms with Gasteiger partial charge in [-0.25, -0.2) is 17.6 Å². The molecule has 3 rings (SSSR count). The Hall–Kier alpha value is -3.14. The van der Waals surface area contributed by atoms with Crippen LogP contribution in [-0.4, -0.2) is 32.5 Å². The number of benzene rings is 1. The second-order valence-corrected chi connectivity index (χ2v) is 6.89. The van der Waals surface area contributed by atoms with Gasteiger partial charge in [0.1, 0.15) is 17.1 Å². The first-order valence-corrected chi connectivity index (χ1v) is 9.29. The number of rotatable bonds is 8. The molecular weight excluding hydrogens is 440 g/mol. The Labute approximate surface area is 179 Å². The van der Waals surface area contributed by atoms with Crippen LogP contribution in [0.15, 0.2) is 36.7 Å². The van der Waals surface area contributed by atoms with Crippen molar-refractivity contribution < 1.29 is 27.1 Å². The minimum atomic E-state index is -3.10. The summed E-state index contributed by atoms with van der Waals surface area (Å²) < 4.78 is 60.5. The highest BCUT2D eigenvalue weighted by atomic mass is 35.5. The molecule has 0 N–H and O–H groups in total. The molecule has 31 heavy (non-hydrogen) atoms. The van der Waals surface area contributed by atoms with Crippen LogP contribution in [0.3, 0.4) is 0 Å². The third kappa shape index (κ3) is 4.96. The number of methoxy groups -OCH3 is 1. The van der Waals surface area contributed by atoms with Gasteiger partial charge >= 0.3 is 0 Å². The lowest BCUT2D eigenvalue weighted by Gasteiger charge is -2.12. The summed E-state index contributed by atoms with van der Waals surface area (Å²) in [6.45, 7) is -0.284. The standard InChI is InChI=1S/C20H17ClF4N4O2/c1-28-9-13(8-26-28)14(30)5-3-11-4-6-15(31-2)12(7-11)10-29-18(20(24)25)16(21)17(27-29)19(22)23/h3-9,19-20H,10H2,1-2H3/b5-3+. The highest BCUT2D eigenvalue weighted by Crippen LogP contribution is 2.35. The highest BCUT2D eigenvalue weighted by Gasteiger charge is 2.28. The summed E-state index contributed by atoms with van der Waals surface area (Å²) in [6.07, 6.45) is -0.320. The Balaban J connectivity index is 1.92. The second kappa shape index (κ2) is 9.34. The summed E-state index contributed by atoms with van der Waals surface area (Å²) in [7, 11) is 3.07. The van der Waals surface area contributed by atoms with E-state index in [2.05, 4.69) is 10.2 Å². The van der Waals surface area contributed by atoms with E-state index in [1.54, 1.807) is 31.4 Å². The fraction of sp³-hybridized carbons (Fsp3) is 0.250. The first kappa shape index (κ1) is 22.5. The number of aromatic nitrogens is 4. The molecule has 0 unspecified atom stereocenters. The van der Waals surface area contributed by atoms with Crippen molar-refractivity contribution in [3.8, 4) is 5.75 Å². The summed E-state index contributed by atoms with van der Waals surface area (Å²) in [6, 6.07) is 4.81. The third-order valence-corrected chi connectivity index (χ3v) is 4.80. The minimum absolute atomic E-state index is 0.272. The molecular formula is C20H17ClF4N4O2. The lowest BCUT2D eigenvalue weighted by molar-refractivity contribution is 0.104. The maximum Gasteiger partial charge on any atom is 0.283 e. The number of carbonyl (C=O) groups is 1. The van der Waals surface area contributed by atoms with Crippen LogP contribution in [0.25, 0.3) is 6.08 Å². The van der Waals surface area contributed by atoms with Gasteiger partial charge in [0.2, 0.25) is 0 Å². The highest BCUT2D eigenvalue weighted by molar-refractivity contribution is 6.32. The molecule has 2 aromatic heterocycles. The zero-order chi connectivity index (χ0) is 22.7. The van der Waals surface area contributed by atoms with E-state index < -0.39 is 29.3 Å². The van der Waals surface area contributed by atoms with Crippen LogP contribution in [0, 0.1) is 0 Å². The molecule has 1 aromatic carbocycles. The van der Waals surface area contributed by atoms with E-state index in [0.29, 0.717) is 22.4 Å². The SMILES string of the molecule is COc1ccc(/C=C/C(=O)c2cnn(C)c2)cc1Cn1nc(C(F)F)c(Cl)c1C(F)F. The number of hydrogen-bond donors (Lipinski definition) is 0. The van der Waals surface area contributed by atoms with Crippen molar-refractivity contribution in [3.05, 3.63) is 69.8 Å². The van der Waals surface area contributed by atoms with Crippen LogP contribution in [0.5, 0.6) is 5.75 Å². The topological polar surface area (TPSA) is 61.9 Å². The summed E-state index contributed by atoms with van der Waals surface area (Å²) in [5.41, 5.74) is -0.347. The zero-order valence-corrected chi connectivity index (χ0v) is 17.2. The van der Waals surface area contributed by atoms with Crippen LogP contribution in [-0.2, 0) is 13.6 Å². The quantitative estimate of drug-likeness (QED) is 0.269. The van der Waals surface area contributed by atoms with E-state index in [1.807, 2.05) is 0 Å². The normalized spacial score (nSPS) is 11.8. The zero-order valence-electron chi connectivity index (χ0n) is 16.4. The van der Waals surface area contributed by atoms with Crippen molar-refractivity contribution in [1.82, 2.24) is 19.6 Å². The maximum atomic E-state index is 13.4. The van der Waals surface area contributed by atoms with Gasteiger partial charge in [0.05, 0.1) is 30.4 Å². The molecule has 2 heterocycles. The lowest BCUT2D eigenvalue weighted by atomic mass is 10.1. The molecule has 0 spiro atoms. The predicted octanol–water partition coefficient (Wildman–Crippen LogP) is 5.10. The Kier molecular flexibility index (Phi) is 6.79. The van der Waals surface area contributed by atoms with Crippen molar-refractivity contribution >= 4 is 23.5 Å². The van der Waals surface area contributed by atoms with Crippen LogP contribution >= 0.6 is 11.6 Å². The fourth-order valence-corrected chi connectivity index (χ4v) is 3.24. The van der Waals surface area contributed by atoms with E-state index in [9.17, 15) is 22.4 Å². The Morgan fingerprint density at radius 3 is 2.58 bits per heavy atom. The molecule has 3 aromatic rings. The van der Waals surface area contributed by atoms with Gasteiger partial charge in [-0.05, 0) is 23.8 Å². The molecule has 0 atom stereocenters. The van der Waals surface area contributed by atoms with E-state index in [4.69, 9.17) is 16.3 Å². The lowest BCUT2D eigenvalue weighted by Crippen LogP contribution is -2.08. The second-order valence-electron chi connectivity index (χ2n) is 6.52. The number of aryl methyl sites for hydroxylation is 1. The number of halogens is 5. The molecule has 0 saturated heterocycles. The van der Waals surface area contributed by atoms with Gasteiger partial charge in [0.25, 0.3) is 12.9 Å². The van der Waals surface area contributed by atoms with Gasteiger partial charge in [-0.15, -0.1) is 0 Å². The van der Waals surface area contributed by atoms with Crippen molar-refractivity contribution in [2.45, 2.75) is 19.4 Å². The molecule has 0 fully saturated rings. The van der Waals surface area contributed by atoms with Crippen molar-refractivity contribution in [1.29, 1.82) is 0 Å². The number of ether oxygens (including phenoxy) is 1. The van der Waals surface area contributed by atoms with Crippen LogP contribution < -0.4 is 4.74 Å². The molecule has 11 heteroatoms. The summed E-state index contributed by atoms with van der Waals surface area (Å²) in [4.78, 5) is 12.2. The largest absolute Gasteiger partial charge is 0.496 e. The Morgan fingerprint density at radius 2 is 2.00 bits per heavy atom. The fourth-order valence-electron chi connectivity index (χ4n) is 2.94. The number of alkyl halides is 4. The smallest absolute Gasteiger partial charge is 0.283 e. The monoisotopic (exact) mass is 456 g/mol. The molecule has 0 bridgehead atoms. The Bertz CT molecular complexity index is 1120. The predicted molar refractivity (Wildman–Crippen MR) is 106 cm³/mol. The number of ketones is 1. The molecule has 164 valence electrons. The molecule has 0 aliphatic heterocycles. The molecule has 0 amide bonds. The van der Waals surface area contributed by atoms with E-state index in [-0.39, 0.29) is 12.3 Å². The number of allylic oxidation sites excluding steroid dienone is 1. The average molecular weight is 457 g/mol. The first-order chi connectivity index (χ1) is 14.7. The molecule has 6 nitrogen and oxygen atoms in total. The van der Waals surface area contributed by atoms with Crippen molar-refractivity contribution in [3.63, 3.8) is 0 Å². The number of hydrogen-bond acceptors (Lipinski definition) is 4. The maximum absolute atomic E-state index is 13.4. The van der Waals surface area contributed by atoms with Gasteiger partial charge in [-0.2, -0.15) is 10.2 Å². The van der Waals surface area contributed by atoms with E-state index >= 15 is 0 Å². The molecule has 0 aliphatic carbocycles. The molecule has 0 saturated carbocycles.